The SMILES string of the molecule is C[C@H](Oc1ccc2ccccc2c1)C(=O)N[C@H](C)c1ccc2c(c1)OCCO2. The van der Waals surface area contributed by atoms with Gasteiger partial charge in [0.25, 0.3) is 5.91 Å². The Morgan fingerprint density at radius 3 is 2.50 bits per heavy atom. The van der Waals surface area contributed by atoms with Crippen LogP contribution >= 0.6 is 0 Å². The number of carbonyl (C=O) groups is 1. The number of hydrogen-bond donors (Lipinski definition) is 1. The van der Waals surface area contributed by atoms with E-state index in [1.165, 1.54) is 0 Å². The standard InChI is InChI=1S/C23H23NO4/c1-15(18-8-10-21-22(14-18)27-12-11-26-21)24-23(25)16(2)28-20-9-7-17-5-3-4-6-19(17)13-20/h3-10,13-16H,11-12H2,1-2H3,(H,24,25)/t15-,16+/m1/s1. The highest BCUT2D eigenvalue weighted by molar-refractivity contribution is 5.84. The van der Waals surface area contributed by atoms with Crippen molar-refractivity contribution in [3.63, 3.8) is 0 Å². The molecule has 144 valence electrons. The number of rotatable bonds is 5. The molecular formula is C23H23NO4. The molecule has 0 bridgehead atoms. The number of hydrogen-bond acceptors (Lipinski definition) is 4. The molecule has 1 aliphatic rings. The molecule has 3 aromatic carbocycles. The van der Waals surface area contributed by atoms with Gasteiger partial charge in [0.2, 0.25) is 0 Å². The lowest BCUT2D eigenvalue weighted by Gasteiger charge is -2.22. The van der Waals surface area contributed by atoms with Gasteiger partial charge in [0, 0.05) is 0 Å². The fraction of sp³-hybridized carbons (Fsp3) is 0.261. The van der Waals surface area contributed by atoms with Crippen molar-refractivity contribution in [1.29, 1.82) is 0 Å². The van der Waals surface area contributed by atoms with Crippen molar-refractivity contribution in [3.05, 3.63) is 66.2 Å². The highest BCUT2D eigenvalue weighted by atomic mass is 16.6. The smallest absolute Gasteiger partial charge is 0.261 e. The first-order chi connectivity index (χ1) is 13.6. The number of carbonyl (C=O) groups excluding carboxylic acids is 1. The third-order valence-electron chi connectivity index (χ3n) is 4.83. The van der Waals surface area contributed by atoms with Crippen molar-refractivity contribution in [3.8, 4) is 17.2 Å². The van der Waals surface area contributed by atoms with E-state index in [9.17, 15) is 4.79 Å². The summed E-state index contributed by atoms with van der Waals surface area (Å²) in [5.41, 5.74) is 0.954. The quantitative estimate of drug-likeness (QED) is 0.722. The normalized spacial score (nSPS) is 14.9. The largest absolute Gasteiger partial charge is 0.486 e. The maximum Gasteiger partial charge on any atom is 0.261 e. The number of fused-ring (bicyclic) bond motifs is 2. The summed E-state index contributed by atoms with van der Waals surface area (Å²) in [6.07, 6.45) is -0.610. The summed E-state index contributed by atoms with van der Waals surface area (Å²) >= 11 is 0. The van der Waals surface area contributed by atoms with Gasteiger partial charge in [0.05, 0.1) is 6.04 Å². The summed E-state index contributed by atoms with van der Waals surface area (Å²) < 4.78 is 17.0. The maximum absolute atomic E-state index is 12.6. The molecule has 0 saturated carbocycles. The average molecular weight is 377 g/mol. The first kappa shape index (κ1) is 18.2. The Kier molecular flexibility index (Phi) is 5.06. The minimum absolute atomic E-state index is 0.171. The number of benzene rings is 3. The van der Waals surface area contributed by atoms with E-state index in [1.807, 2.05) is 67.6 Å². The molecule has 0 fully saturated rings. The zero-order valence-electron chi connectivity index (χ0n) is 16.0. The van der Waals surface area contributed by atoms with Crippen LogP contribution in [0.5, 0.6) is 17.2 Å². The molecule has 0 aliphatic carbocycles. The van der Waals surface area contributed by atoms with Crippen LogP contribution in [0.1, 0.15) is 25.5 Å². The Labute approximate surface area is 164 Å². The highest BCUT2D eigenvalue weighted by Crippen LogP contribution is 2.32. The van der Waals surface area contributed by atoms with Gasteiger partial charge in [-0.15, -0.1) is 0 Å². The second-order valence-corrected chi connectivity index (χ2v) is 6.90. The average Bonchev–Trinajstić information content (AvgIpc) is 2.73. The van der Waals surface area contributed by atoms with Crippen LogP contribution in [0.15, 0.2) is 60.7 Å². The molecule has 5 nitrogen and oxygen atoms in total. The Hall–Kier alpha value is -3.21. The third-order valence-corrected chi connectivity index (χ3v) is 4.83. The van der Waals surface area contributed by atoms with Crippen LogP contribution < -0.4 is 19.5 Å². The summed E-state index contributed by atoms with van der Waals surface area (Å²) in [5, 5.41) is 5.22. The number of nitrogens with one attached hydrogen (secondary N) is 1. The fourth-order valence-electron chi connectivity index (χ4n) is 3.24. The van der Waals surface area contributed by atoms with E-state index >= 15 is 0 Å². The highest BCUT2D eigenvalue weighted by Gasteiger charge is 2.20. The predicted octanol–water partition coefficient (Wildman–Crippen LogP) is 4.26. The lowest BCUT2D eigenvalue weighted by molar-refractivity contribution is -0.127. The molecule has 0 radical (unpaired) electrons. The molecule has 2 atom stereocenters. The molecule has 0 spiro atoms. The summed E-state index contributed by atoms with van der Waals surface area (Å²) in [5.74, 6) is 1.95. The van der Waals surface area contributed by atoms with Crippen molar-refractivity contribution < 1.29 is 19.0 Å². The molecule has 28 heavy (non-hydrogen) atoms. The predicted molar refractivity (Wildman–Crippen MR) is 108 cm³/mol. The van der Waals surface area contributed by atoms with Crippen LogP contribution in [0, 0.1) is 0 Å². The van der Waals surface area contributed by atoms with E-state index in [4.69, 9.17) is 14.2 Å². The van der Waals surface area contributed by atoms with Crippen molar-refractivity contribution in [2.75, 3.05) is 13.2 Å². The van der Waals surface area contributed by atoms with Gasteiger partial charge < -0.3 is 19.5 Å². The minimum atomic E-state index is -0.610. The molecular weight excluding hydrogens is 354 g/mol. The topological polar surface area (TPSA) is 56.8 Å². The third kappa shape index (κ3) is 3.88. The molecule has 1 amide bonds. The Morgan fingerprint density at radius 1 is 0.929 bits per heavy atom. The Bertz CT molecular complexity index is 1000. The second kappa shape index (κ2) is 7.80. The molecule has 1 N–H and O–H groups in total. The van der Waals surface area contributed by atoms with Gasteiger partial charge >= 0.3 is 0 Å². The molecule has 3 aromatic rings. The first-order valence-corrected chi connectivity index (χ1v) is 9.45. The number of ether oxygens (including phenoxy) is 3. The van der Waals surface area contributed by atoms with E-state index in [-0.39, 0.29) is 11.9 Å². The first-order valence-electron chi connectivity index (χ1n) is 9.45. The van der Waals surface area contributed by atoms with Crippen LogP contribution in [-0.4, -0.2) is 25.2 Å². The van der Waals surface area contributed by atoms with Gasteiger partial charge in [0.15, 0.2) is 17.6 Å². The van der Waals surface area contributed by atoms with E-state index in [0.717, 1.165) is 22.1 Å². The molecule has 4 rings (SSSR count). The minimum Gasteiger partial charge on any atom is -0.486 e. The maximum atomic E-state index is 12.6. The summed E-state index contributed by atoms with van der Waals surface area (Å²) in [4.78, 5) is 12.6. The van der Waals surface area contributed by atoms with Gasteiger partial charge in [-0.2, -0.15) is 0 Å². The summed E-state index contributed by atoms with van der Waals surface area (Å²) in [6.45, 7) is 4.78. The van der Waals surface area contributed by atoms with Crippen molar-refractivity contribution in [2.45, 2.75) is 26.0 Å². The molecule has 1 aliphatic heterocycles. The zero-order chi connectivity index (χ0) is 19.5. The molecule has 1 heterocycles. The number of amides is 1. The van der Waals surface area contributed by atoms with Crippen LogP contribution in [0.2, 0.25) is 0 Å². The molecule has 0 saturated heterocycles. The van der Waals surface area contributed by atoms with Crippen molar-refractivity contribution in [1.82, 2.24) is 5.32 Å². The van der Waals surface area contributed by atoms with Crippen molar-refractivity contribution >= 4 is 16.7 Å². The Balaban J connectivity index is 1.40. The Morgan fingerprint density at radius 2 is 1.68 bits per heavy atom. The van der Waals surface area contributed by atoms with Crippen LogP contribution in [-0.2, 0) is 4.79 Å². The zero-order valence-corrected chi connectivity index (χ0v) is 16.0. The van der Waals surface area contributed by atoms with Gasteiger partial charge in [-0.3, -0.25) is 4.79 Å². The second-order valence-electron chi connectivity index (χ2n) is 6.90. The summed E-state index contributed by atoms with van der Waals surface area (Å²) in [6, 6.07) is 19.4. The fourth-order valence-corrected chi connectivity index (χ4v) is 3.24. The van der Waals surface area contributed by atoms with E-state index in [1.54, 1.807) is 6.92 Å². The molecule has 0 aromatic heterocycles. The molecule has 5 heteroatoms. The van der Waals surface area contributed by atoms with E-state index in [2.05, 4.69) is 5.32 Å². The summed E-state index contributed by atoms with van der Waals surface area (Å²) in [7, 11) is 0. The van der Waals surface area contributed by atoms with Crippen LogP contribution in [0.3, 0.4) is 0 Å². The van der Waals surface area contributed by atoms with Crippen molar-refractivity contribution in [2.24, 2.45) is 0 Å². The van der Waals surface area contributed by atoms with Gasteiger partial charge in [-0.25, -0.2) is 0 Å². The monoisotopic (exact) mass is 377 g/mol. The van der Waals surface area contributed by atoms with Crippen LogP contribution in [0.25, 0.3) is 10.8 Å². The lowest BCUT2D eigenvalue weighted by atomic mass is 10.1. The van der Waals surface area contributed by atoms with Gasteiger partial charge in [0.1, 0.15) is 19.0 Å². The van der Waals surface area contributed by atoms with E-state index in [0.29, 0.717) is 24.7 Å². The van der Waals surface area contributed by atoms with Gasteiger partial charge in [-0.1, -0.05) is 36.4 Å². The van der Waals surface area contributed by atoms with Crippen LogP contribution in [0.4, 0.5) is 0 Å². The van der Waals surface area contributed by atoms with Gasteiger partial charge in [-0.05, 0) is 54.4 Å². The lowest BCUT2D eigenvalue weighted by Crippen LogP contribution is -2.37. The van der Waals surface area contributed by atoms with E-state index < -0.39 is 6.10 Å². The molecule has 0 unspecified atom stereocenters.